The van der Waals surface area contributed by atoms with Crippen molar-refractivity contribution in [2.24, 2.45) is 0 Å². The first-order valence-corrected chi connectivity index (χ1v) is 11.2. The summed E-state index contributed by atoms with van der Waals surface area (Å²) in [5.74, 6) is 1.86. The Balaban J connectivity index is 1.54. The van der Waals surface area contributed by atoms with E-state index in [2.05, 4.69) is 105 Å². The van der Waals surface area contributed by atoms with Gasteiger partial charge in [0.2, 0.25) is 0 Å². The molecular weight excluding hydrogens is 388 g/mol. The van der Waals surface area contributed by atoms with Crippen LogP contribution in [0, 0.1) is 0 Å². The molecule has 0 amide bonds. The fourth-order valence-electron chi connectivity index (χ4n) is 5.72. The molecule has 0 saturated heterocycles. The van der Waals surface area contributed by atoms with Crippen molar-refractivity contribution in [3.63, 3.8) is 0 Å². The normalized spacial score (nSPS) is 14.4. The zero-order chi connectivity index (χ0) is 21.4. The van der Waals surface area contributed by atoms with E-state index in [0.717, 1.165) is 17.1 Å². The molecule has 7 rings (SSSR count). The Morgan fingerprint density at radius 2 is 1.31 bits per heavy atom. The van der Waals surface area contributed by atoms with Crippen molar-refractivity contribution in [2.75, 3.05) is 0 Å². The summed E-state index contributed by atoms with van der Waals surface area (Å²) in [7, 11) is 0. The minimum absolute atomic E-state index is 0.0235. The lowest BCUT2D eigenvalue weighted by Gasteiger charge is -2.24. The number of hydrogen-bond acceptors (Lipinski definition) is 1. The molecule has 0 bridgehead atoms. The van der Waals surface area contributed by atoms with Crippen LogP contribution in [0.3, 0.4) is 0 Å². The minimum atomic E-state index is 0.0235. The van der Waals surface area contributed by atoms with E-state index in [0.29, 0.717) is 0 Å². The molecule has 1 nitrogen and oxygen atoms in total. The van der Waals surface area contributed by atoms with Gasteiger partial charge in [-0.1, -0.05) is 92.7 Å². The molecule has 1 aliphatic carbocycles. The van der Waals surface area contributed by atoms with Crippen LogP contribution in [-0.4, -0.2) is 0 Å². The van der Waals surface area contributed by atoms with Crippen molar-refractivity contribution < 1.29 is 4.74 Å². The Hall–Kier alpha value is -3.84. The van der Waals surface area contributed by atoms with E-state index in [1.165, 1.54) is 49.7 Å². The fraction of sp³-hybridized carbons (Fsp3) is 0.0968. The molecule has 0 fully saturated rings. The highest BCUT2D eigenvalue weighted by Gasteiger charge is 2.35. The molecule has 2 aliphatic rings. The molecule has 5 aromatic carbocycles. The largest absolute Gasteiger partial charge is 0.456 e. The summed E-state index contributed by atoms with van der Waals surface area (Å²) < 4.78 is 6.29. The third-order valence-corrected chi connectivity index (χ3v) is 7.28. The molecule has 1 heteroatoms. The summed E-state index contributed by atoms with van der Waals surface area (Å²) in [5, 5.41) is 2.41. The lowest BCUT2D eigenvalue weighted by atomic mass is 9.81. The smallest absolute Gasteiger partial charge is 0.135 e. The quantitative estimate of drug-likeness (QED) is 0.264. The van der Waals surface area contributed by atoms with Gasteiger partial charge in [0, 0.05) is 21.9 Å². The number of rotatable bonds is 1. The Labute approximate surface area is 187 Å². The Kier molecular flexibility index (Phi) is 3.40. The molecule has 0 N–H and O–H groups in total. The second-order valence-electron chi connectivity index (χ2n) is 9.37. The average molecular weight is 411 g/mol. The monoisotopic (exact) mass is 410 g/mol. The van der Waals surface area contributed by atoms with Gasteiger partial charge in [0.1, 0.15) is 11.5 Å². The van der Waals surface area contributed by atoms with E-state index >= 15 is 0 Å². The highest BCUT2D eigenvalue weighted by molar-refractivity contribution is 6.10. The first kappa shape index (κ1) is 17.8. The van der Waals surface area contributed by atoms with Gasteiger partial charge in [0.05, 0.1) is 0 Å². The van der Waals surface area contributed by atoms with Crippen LogP contribution in [0.15, 0.2) is 97.1 Å². The Morgan fingerprint density at radius 3 is 2.22 bits per heavy atom. The van der Waals surface area contributed by atoms with E-state index in [1.54, 1.807) is 0 Å². The molecule has 32 heavy (non-hydrogen) atoms. The van der Waals surface area contributed by atoms with Gasteiger partial charge < -0.3 is 4.74 Å². The Morgan fingerprint density at radius 1 is 0.562 bits per heavy atom. The van der Waals surface area contributed by atoms with Crippen LogP contribution < -0.4 is 4.74 Å². The molecule has 0 atom stereocenters. The third-order valence-electron chi connectivity index (χ3n) is 7.28. The summed E-state index contributed by atoms with van der Waals surface area (Å²) in [5.41, 5.74) is 10.5. The second kappa shape index (κ2) is 6.11. The summed E-state index contributed by atoms with van der Waals surface area (Å²) in [6, 6.07) is 35.1. The summed E-state index contributed by atoms with van der Waals surface area (Å²) in [6.45, 7) is 4.66. The highest BCUT2D eigenvalue weighted by atomic mass is 16.5. The average Bonchev–Trinajstić information content (AvgIpc) is 3.06. The summed E-state index contributed by atoms with van der Waals surface area (Å²) in [6.07, 6.45) is 0. The van der Waals surface area contributed by atoms with Gasteiger partial charge in [-0.2, -0.15) is 0 Å². The van der Waals surface area contributed by atoms with Gasteiger partial charge in [-0.15, -0.1) is 0 Å². The number of fused-ring (bicyclic) bond motifs is 5. The van der Waals surface area contributed by atoms with Gasteiger partial charge in [-0.25, -0.2) is 0 Å². The van der Waals surface area contributed by atoms with E-state index in [9.17, 15) is 0 Å². The van der Waals surface area contributed by atoms with Crippen LogP contribution in [0.2, 0.25) is 0 Å². The standard InChI is InChI=1S/C31H22O/c1-31(2)25-11-5-3-9-22(25)24-18-20(15-17-26(24)31)21-16-14-19-8-7-13-28-29(19)30(21)23-10-4-6-12-27(23)32-28/h3-18H,1-2H3. The van der Waals surface area contributed by atoms with E-state index in [-0.39, 0.29) is 5.41 Å². The number of para-hydroxylation sites is 1. The molecule has 0 spiro atoms. The van der Waals surface area contributed by atoms with Crippen LogP contribution in [0.1, 0.15) is 25.0 Å². The molecule has 1 heterocycles. The molecule has 0 radical (unpaired) electrons. The third kappa shape index (κ3) is 2.23. The zero-order valence-corrected chi connectivity index (χ0v) is 18.1. The van der Waals surface area contributed by atoms with Crippen molar-refractivity contribution in [1.82, 2.24) is 0 Å². The summed E-state index contributed by atoms with van der Waals surface area (Å²) in [4.78, 5) is 0. The van der Waals surface area contributed by atoms with Crippen molar-refractivity contribution in [1.29, 1.82) is 0 Å². The van der Waals surface area contributed by atoms with Crippen LogP contribution in [0.5, 0.6) is 11.5 Å². The lowest BCUT2D eigenvalue weighted by molar-refractivity contribution is 0.487. The number of hydrogen-bond donors (Lipinski definition) is 0. The predicted molar refractivity (Wildman–Crippen MR) is 132 cm³/mol. The maximum absolute atomic E-state index is 6.29. The molecule has 0 unspecified atom stereocenters. The van der Waals surface area contributed by atoms with Crippen molar-refractivity contribution in [2.45, 2.75) is 19.3 Å². The lowest BCUT2D eigenvalue weighted by Crippen LogP contribution is -2.14. The predicted octanol–water partition coefficient (Wildman–Crippen LogP) is 8.59. The molecule has 1 aliphatic heterocycles. The maximum atomic E-state index is 6.29. The van der Waals surface area contributed by atoms with E-state index < -0.39 is 0 Å². The topological polar surface area (TPSA) is 9.23 Å². The molecule has 152 valence electrons. The maximum Gasteiger partial charge on any atom is 0.135 e. The number of benzene rings is 5. The first-order valence-electron chi connectivity index (χ1n) is 11.2. The van der Waals surface area contributed by atoms with Gasteiger partial charge >= 0.3 is 0 Å². The SMILES string of the molecule is CC1(C)c2ccccc2-c2cc(-c3ccc4cccc5c4c3-c3ccccc3O5)ccc21. The van der Waals surface area contributed by atoms with Crippen LogP contribution in [0.25, 0.3) is 44.2 Å². The molecule has 5 aromatic rings. The van der Waals surface area contributed by atoms with Crippen LogP contribution >= 0.6 is 0 Å². The van der Waals surface area contributed by atoms with Crippen molar-refractivity contribution >= 4 is 10.8 Å². The zero-order valence-electron chi connectivity index (χ0n) is 18.1. The van der Waals surface area contributed by atoms with Gasteiger partial charge in [0.25, 0.3) is 0 Å². The van der Waals surface area contributed by atoms with Crippen LogP contribution in [0.4, 0.5) is 0 Å². The highest BCUT2D eigenvalue weighted by Crippen LogP contribution is 2.53. The fourth-order valence-corrected chi connectivity index (χ4v) is 5.72. The van der Waals surface area contributed by atoms with Crippen LogP contribution in [-0.2, 0) is 5.41 Å². The van der Waals surface area contributed by atoms with Crippen molar-refractivity contribution in [3.8, 4) is 44.9 Å². The van der Waals surface area contributed by atoms with Gasteiger partial charge in [-0.3, -0.25) is 0 Å². The number of ether oxygens (including phenoxy) is 1. The minimum Gasteiger partial charge on any atom is -0.456 e. The van der Waals surface area contributed by atoms with Crippen molar-refractivity contribution in [3.05, 3.63) is 108 Å². The molecule has 0 aromatic heterocycles. The molecular formula is C31H22O. The van der Waals surface area contributed by atoms with Gasteiger partial charge in [-0.05, 0) is 57.0 Å². The second-order valence-corrected chi connectivity index (χ2v) is 9.37. The first-order chi connectivity index (χ1) is 15.6. The van der Waals surface area contributed by atoms with Gasteiger partial charge in [0.15, 0.2) is 0 Å². The molecule has 0 saturated carbocycles. The summed E-state index contributed by atoms with van der Waals surface area (Å²) >= 11 is 0. The van der Waals surface area contributed by atoms with E-state index in [1.807, 2.05) is 6.07 Å². The Bertz CT molecular complexity index is 1570. The van der Waals surface area contributed by atoms with E-state index in [4.69, 9.17) is 4.74 Å².